The van der Waals surface area contributed by atoms with Gasteiger partial charge in [0.15, 0.2) is 4.77 Å². The Labute approximate surface area is 170 Å². The molecular formula is C21H30N4O2S. The monoisotopic (exact) mass is 402 g/mol. The van der Waals surface area contributed by atoms with Gasteiger partial charge in [0.1, 0.15) is 0 Å². The Hall–Kier alpha value is -1.99. The van der Waals surface area contributed by atoms with Crippen LogP contribution in [-0.4, -0.2) is 46.5 Å². The van der Waals surface area contributed by atoms with Gasteiger partial charge in [-0.1, -0.05) is 26.7 Å². The number of aromatic amines is 1. The molecule has 152 valence electrons. The Morgan fingerprint density at radius 1 is 1.29 bits per heavy atom. The first-order valence-electron chi connectivity index (χ1n) is 10.3. The molecule has 1 amide bonds. The number of rotatable bonds is 8. The molecule has 1 aliphatic rings. The Balaban J connectivity index is 1.73. The molecule has 0 radical (unpaired) electrons. The summed E-state index contributed by atoms with van der Waals surface area (Å²) in [5.41, 5.74) is 1.11. The summed E-state index contributed by atoms with van der Waals surface area (Å²) < 4.78 is 2.17. The van der Waals surface area contributed by atoms with Crippen LogP contribution >= 0.6 is 12.2 Å². The summed E-state index contributed by atoms with van der Waals surface area (Å²) in [7, 11) is 0. The minimum atomic E-state index is -0.124. The molecule has 1 aromatic heterocycles. The highest BCUT2D eigenvalue weighted by atomic mass is 32.1. The third kappa shape index (κ3) is 4.52. The highest BCUT2D eigenvalue weighted by molar-refractivity contribution is 7.71. The summed E-state index contributed by atoms with van der Waals surface area (Å²) in [6.45, 7) is 7.93. The lowest BCUT2D eigenvalue weighted by Crippen LogP contribution is -2.30. The van der Waals surface area contributed by atoms with E-state index in [1.165, 1.54) is 0 Å². The van der Waals surface area contributed by atoms with Crippen LogP contribution in [0.1, 0.15) is 62.4 Å². The van der Waals surface area contributed by atoms with E-state index in [1.54, 1.807) is 22.8 Å². The van der Waals surface area contributed by atoms with Crippen LogP contribution in [0.25, 0.3) is 10.9 Å². The van der Waals surface area contributed by atoms with Gasteiger partial charge in [0.25, 0.3) is 11.5 Å². The zero-order valence-electron chi connectivity index (χ0n) is 16.8. The van der Waals surface area contributed by atoms with Gasteiger partial charge in [-0.2, -0.15) is 0 Å². The number of carbonyl (C=O) groups excluding carboxylic acids is 1. The number of H-pyrrole nitrogens is 1. The van der Waals surface area contributed by atoms with Gasteiger partial charge in [-0.05, 0) is 69.3 Å². The second kappa shape index (κ2) is 9.47. The van der Waals surface area contributed by atoms with Gasteiger partial charge in [-0.3, -0.25) is 14.2 Å². The first-order valence-corrected chi connectivity index (χ1v) is 10.7. The summed E-state index contributed by atoms with van der Waals surface area (Å²) in [4.78, 5) is 30.9. The van der Waals surface area contributed by atoms with E-state index in [0.29, 0.717) is 27.8 Å². The van der Waals surface area contributed by atoms with Gasteiger partial charge >= 0.3 is 0 Å². The predicted octanol–water partition coefficient (Wildman–Crippen LogP) is 3.64. The Morgan fingerprint density at radius 2 is 2.00 bits per heavy atom. The van der Waals surface area contributed by atoms with Crippen molar-refractivity contribution in [2.75, 3.05) is 26.2 Å². The molecule has 1 heterocycles. The van der Waals surface area contributed by atoms with Crippen molar-refractivity contribution in [2.45, 2.75) is 52.0 Å². The van der Waals surface area contributed by atoms with E-state index < -0.39 is 0 Å². The number of hydrogen-bond acceptors (Lipinski definition) is 4. The average Bonchev–Trinajstić information content (AvgIpc) is 3.21. The number of amides is 1. The summed E-state index contributed by atoms with van der Waals surface area (Å²) in [6.07, 6.45) is 5.18. The van der Waals surface area contributed by atoms with E-state index in [-0.39, 0.29) is 17.5 Å². The van der Waals surface area contributed by atoms with Crippen molar-refractivity contribution >= 4 is 29.0 Å². The number of hydrogen-bond donors (Lipinski definition) is 2. The quantitative estimate of drug-likeness (QED) is 0.522. The molecule has 0 aliphatic heterocycles. The van der Waals surface area contributed by atoms with Gasteiger partial charge in [-0.25, -0.2) is 0 Å². The lowest BCUT2D eigenvalue weighted by Gasteiger charge is -2.17. The molecule has 6 nitrogen and oxygen atoms in total. The standard InChI is InChI=1S/C21H30N4O2S/c1-3-24(4-2)13-7-12-22-19(26)15-10-11-17-18(14-15)23-21(28)25(20(17)27)16-8-5-6-9-16/h10-11,14,16H,3-9,12-13H2,1-2H3,(H,22,26)(H,23,28). The van der Waals surface area contributed by atoms with Crippen LogP contribution in [-0.2, 0) is 0 Å². The second-order valence-corrected chi connectivity index (χ2v) is 7.83. The predicted molar refractivity (Wildman–Crippen MR) is 116 cm³/mol. The van der Waals surface area contributed by atoms with Crippen LogP contribution in [0.4, 0.5) is 0 Å². The van der Waals surface area contributed by atoms with Gasteiger partial charge in [0.05, 0.1) is 10.9 Å². The Morgan fingerprint density at radius 3 is 2.68 bits per heavy atom. The average molecular weight is 403 g/mol. The van der Waals surface area contributed by atoms with Gasteiger partial charge in [-0.15, -0.1) is 0 Å². The van der Waals surface area contributed by atoms with Crippen molar-refractivity contribution in [3.05, 3.63) is 38.9 Å². The molecule has 3 rings (SSSR count). The van der Waals surface area contributed by atoms with E-state index >= 15 is 0 Å². The minimum absolute atomic E-state index is 0.0585. The van der Waals surface area contributed by atoms with Crippen LogP contribution in [0, 0.1) is 4.77 Å². The van der Waals surface area contributed by atoms with Crippen LogP contribution in [0.3, 0.4) is 0 Å². The number of fused-ring (bicyclic) bond motifs is 1. The fourth-order valence-corrected chi connectivity index (χ4v) is 4.36. The summed E-state index contributed by atoms with van der Waals surface area (Å²) in [6, 6.07) is 5.37. The normalized spacial score (nSPS) is 14.8. The molecule has 1 fully saturated rings. The third-order valence-corrected chi connectivity index (χ3v) is 6.01. The molecule has 2 aromatic rings. The summed E-state index contributed by atoms with van der Waals surface area (Å²) >= 11 is 5.45. The van der Waals surface area contributed by atoms with Gasteiger partial charge in [0, 0.05) is 18.2 Å². The van der Waals surface area contributed by atoms with E-state index in [1.807, 2.05) is 0 Å². The maximum absolute atomic E-state index is 12.9. The third-order valence-electron chi connectivity index (χ3n) is 5.71. The maximum atomic E-state index is 12.9. The van der Waals surface area contributed by atoms with Crippen LogP contribution < -0.4 is 10.9 Å². The van der Waals surface area contributed by atoms with E-state index in [4.69, 9.17) is 12.2 Å². The van der Waals surface area contributed by atoms with Crippen LogP contribution in [0.2, 0.25) is 0 Å². The van der Waals surface area contributed by atoms with E-state index in [0.717, 1.165) is 51.7 Å². The molecule has 0 unspecified atom stereocenters. The van der Waals surface area contributed by atoms with Gasteiger partial charge < -0.3 is 15.2 Å². The Kier molecular flexibility index (Phi) is 7.02. The fraction of sp³-hybridized carbons (Fsp3) is 0.571. The molecule has 1 saturated carbocycles. The zero-order valence-corrected chi connectivity index (χ0v) is 17.6. The molecule has 1 aliphatic carbocycles. The largest absolute Gasteiger partial charge is 0.352 e. The molecule has 2 N–H and O–H groups in total. The fourth-order valence-electron chi connectivity index (χ4n) is 4.01. The number of benzene rings is 1. The van der Waals surface area contributed by atoms with Crippen LogP contribution in [0.5, 0.6) is 0 Å². The zero-order chi connectivity index (χ0) is 20.1. The van der Waals surface area contributed by atoms with Crippen molar-refractivity contribution in [3.8, 4) is 0 Å². The lowest BCUT2D eigenvalue weighted by molar-refractivity contribution is 0.0952. The van der Waals surface area contributed by atoms with Crippen molar-refractivity contribution < 1.29 is 4.79 Å². The van der Waals surface area contributed by atoms with Gasteiger partial charge in [0.2, 0.25) is 0 Å². The molecular weight excluding hydrogens is 372 g/mol. The molecule has 7 heteroatoms. The first kappa shape index (κ1) is 20.7. The number of nitrogens with zero attached hydrogens (tertiary/aromatic N) is 2. The first-order chi connectivity index (χ1) is 13.5. The molecule has 1 aromatic carbocycles. The van der Waals surface area contributed by atoms with Crippen molar-refractivity contribution in [3.63, 3.8) is 0 Å². The lowest BCUT2D eigenvalue weighted by atomic mass is 10.1. The minimum Gasteiger partial charge on any atom is -0.352 e. The summed E-state index contributed by atoms with van der Waals surface area (Å²) in [5, 5.41) is 3.55. The molecule has 0 spiro atoms. The highest BCUT2D eigenvalue weighted by Crippen LogP contribution is 2.28. The maximum Gasteiger partial charge on any atom is 0.262 e. The SMILES string of the molecule is CCN(CC)CCCNC(=O)c1ccc2c(=O)n(C3CCCC3)c(=S)[nH]c2c1. The van der Waals surface area contributed by atoms with E-state index in [9.17, 15) is 9.59 Å². The van der Waals surface area contributed by atoms with Crippen LogP contribution in [0.15, 0.2) is 23.0 Å². The topological polar surface area (TPSA) is 70.1 Å². The number of nitrogens with one attached hydrogen (secondary N) is 2. The number of carbonyl (C=O) groups is 1. The smallest absolute Gasteiger partial charge is 0.262 e. The summed E-state index contributed by atoms with van der Waals surface area (Å²) in [5.74, 6) is -0.124. The van der Waals surface area contributed by atoms with E-state index in [2.05, 4.69) is 29.0 Å². The molecule has 0 saturated heterocycles. The van der Waals surface area contributed by atoms with Crippen molar-refractivity contribution in [1.82, 2.24) is 19.8 Å². The highest BCUT2D eigenvalue weighted by Gasteiger charge is 2.20. The molecule has 0 bridgehead atoms. The Bertz CT molecular complexity index is 940. The van der Waals surface area contributed by atoms with Crippen molar-refractivity contribution in [1.29, 1.82) is 0 Å². The number of aromatic nitrogens is 2. The second-order valence-electron chi connectivity index (χ2n) is 7.44. The molecule has 28 heavy (non-hydrogen) atoms. The molecule has 0 atom stereocenters. The van der Waals surface area contributed by atoms with Crippen molar-refractivity contribution in [2.24, 2.45) is 0 Å².